The molecular formula is C28H26F3N5O4. The number of alkyl halides is 3. The lowest BCUT2D eigenvalue weighted by Crippen LogP contribution is -2.47. The summed E-state index contributed by atoms with van der Waals surface area (Å²) >= 11 is 0. The summed E-state index contributed by atoms with van der Waals surface area (Å²) < 4.78 is 47.9. The van der Waals surface area contributed by atoms with Crippen LogP contribution < -0.4 is 10.3 Å². The Bertz CT molecular complexity index is 1540. The maximum Gasteiger partial charge on any atom is 0.573 e. The molecule has 0 N–H and O–H groups in total. The molecule has 0 radical (unpaired) electrons. The van der Waals surface area contributed by atoms with Gasteiger partial charge in [-0.1, -0.05) is 29.4 Å². The first kappa shape index (κ1) is 27.1. The molecule has 1 amide bonds. The quantitative estimate of drug-likeness (QED) is 0.344. The van der Waals surface area contributed by atoms with Crippen molar-refractivity contribution >= 4 is 5.91 Å². The lowest BCUT2D eigenvalue weighted by molar-refractivity contribution is -0.274. The van der Waals surface area contributed by atoms with E-state index in [9.17, 15) is 22.8 Å². The minimum Gasteiger partial charge on any atom is -0.406 e. The second-order valence-corrected chi connectivity index (χ2v) is 9.56. The van der Waals surface area contributed by atoms with Crippen LogP contribution in [0.4, 0.5) is 13.2 Å². The molecule has 2 aromatic heterocycles. The number of hydrogen-bond acceptors (Lipinski definition) is 7. The summed E-state index contributed by atoms with van der Waals surface area (Å²) in [6.07, 6.45) is -2.89. The number of hydrogen-bond donors (Lipinski definition) is 0. The molecule has 12 heteroatoms. The second-order valence-electron chi connectivity index (χ2n) is 9.56. The average molecular weight is 554 g/mol. The van der Waals surface area contributed by atoms with E-state index >= 15 is 0 Å². The van der Waals surface area contributed by atoms with Gasteiger partial charge >= 0.3 is 6.36 Å². The Labute approximate surface area is 227 Å². The van der Waals surface area contributed by atoms with Crippen LogP contribution in [0.2, 0.25) is 0 Å². The monoisotopic (exact) mass is 553 g/mol. The molecule has 2 aromatic carbocycles. The van der Waals surface area contributed by atoms with E-state index in [0.717, 1.165) is 36.3 Å². The number of piperazine rings is 1. The van der Waals surface area contributed by atoms with Gasteiger partial charge in [0.05, 0.1) is 18.5 Å². The van der Waals surface area contributed by atoms with Crippen LogP contribution in [0.15, 0.2) is 76.2 Å². The van der Waals surface area contributed by atoms with Crippen molar-refractivity contribution in [2.45, 2.75) is 19.3 Å². The van der Waals surface area contributed by atoms with Crippen LogP contribution in [0.1, 0.15) is 11.1 Å². The zero-order chi connectivity index (χ0) is 28.3. The summed E-state index contributed by atoms with van der Waals surface area (Å²) in [5, 5.41) is 3.91. The van der Waals surface area contributed by atoms with Crippen molar-refractivity contribution in [1.82, 2.24) is 24.5 Å². The standard InChI is InChI=1S/C28H26F3N5O4/c1-34-11-13-35(14-12-34)25(38)16-19-3-2-4-20(15-19)17-36-18-22(7-10-24(36)37)27-32-26(33-40-27)21-5-8-23(9-6-21)39-28(29,30)31/h2-10,15,18H,11-14,16-17H2,1H3. The molecule has 0 atom stereocenters. The minimum absolute atomic E-state index is 0.0825. The van der Waals surface area contributed by atoms with Gasteiger partial charge in [-0.05, 0) is 48.5 Å². The Morgan fingerprint density at radius 2 is 1.68 bits per heavy atom. The van der Waals surface area contributed by atoms with Gasteiger partial charge in [0.15, 0.2) is 0 Å². The van der Waals surface area contributed by atoms with Gasteiger partial charge in [0.25, 0.3) is 11.4 Å². The molecule has 0 bridgehead atoms. The van der Waals surface area contributed by atoms with E-state index in [1.165, 1.54) is 22.8 Å². The Hall–Kier alpha value is -4.45. The molecule has 3 heterocycles. The maximum absolute atomic E-state index is 12.8. The van der Waals surface area contributed by atoms with Crippen molar-refractivity contribution in [3.8, 4) is 28.6 Å². The van der Waals surface area contributed by atoms with Crippen molar-refractivity contribution < 1.29 is 27.2 Å². The number of aromatic nitrogens is 3. The van der Waals surface area contributed by atoms with E-state index in [4.69, 9.17) is 4.52 Å². The van der Waals surface area contributed by atoms with Crippen LogP contribution in [0.5, 0.6) is 5.75 Å². The fourth-order valence-electron chi connectivity index (χ4n) is 4.42. The van der Waals surface area contributed by atoms with Crippen LogP contribution in [-0.2, 0) is 17.8 Å². The predicted molar refractivity (Wildman–Crippen MR) is 139 cm³/mol. The van der Waals surface area contributed by atoms with Gasteiger partial charge in [-0.25, -0.2) is 0 Å². The number of ether oxygens (including phenoxy) is 1. The van der Waals surface area contributed by atoms with Crippen molar-refractivity contribution in [2.24, 2.45) is 0 Å². The van der Waals surface area contributed by atoms with Crippen LogP contribution in [0, 0.1) is 0 Å². The number of carbonyl (C=O) groups is 1. The van der Waals surface area contributed by atoms with Crippen molar-refractivity contribution in [1.29, 1.82) is 0 Å². The van der Waals surface area contributed by atoms with Crippen molar-refractivity contribution in [3.63, 3.8) is 0 Å². The predicted octanol–water partition coefficient (Wildman–Crippen LogP) is 3.83. The molecule has 0 spiro atoms. The number of carbonyl (C=O) groups excluding carboxylic acids is 1. The average Bonchev–Trinajstić information content (AvgIpc) is 3.40. The fraction of sp³-hybridized carbons (Fsp3) is 0.286. The summed E-state index contributed by atoms with van der Waals surface area (Å²) in [7, 11) is 2.04. The number of rotatable bonds is 7. The fourth-order valence-corrected chi connectivity index (χ4v) is 4.42. The Morgan fingerprint density at radius 1 is 0.975 bits per heavy atom. The molecule has 0 aliphatic carbocycles. The van der Waals surface area contributed by atoms with E-state index in [0.29, 0.717) is 30.6 Å². The van der Waals surface area contributed by atoms with Gasteiger partial charge in [-0.3, -0.25) is 9.59 Å². The summed E-state index contributed by atoms with van der Waals surface area (Å²) in [6.45, 7) is 3.41. The number of benzene rings is 2. The van der Waals surface area contributed by atoms with E-state index in [2.05, 4.69) is 19.8 Å². The van der Waals surface area contributed by atoms with Gasteiger partial charge in [-0.2, -0.15) is 4.98 Å². The third kappa shape index (κ3) is 6.75. The molecule has 5 rings (SSSR count). The van der Waals surface area contributed by atoms with Gasteiger partial charge in [-0.15, -0.1) is 13.2 Å². The molecule has 0 saturated carbocycles. The second kappa shape index (κ2) is 11.3. The summed E-state index contributed by atoms with van der Waals surface area (Å²) in [6, 6.07) is 15.6. The molecule has 1 fully saturated rings. The maximum atomic E-state index is 12.8. The number of halogens is 3. The zero-order valence-electron chi connectivity index (χ0n) is 21.6. The number of pyridine rings is 1. The summed E-state index contributed by atoms with van der Waals surface area (Å²) in [4.78, 5) is 33.8. The minimum atomic E-state index is -4.78. The molecule has 0 unspecified atom stereocenters. The first-order chi connectivity index (χ1) is 19.1. The van der Waals surface area contributed by atoms with E-state index in [1.807, 2.05) is 36.2 Å². The molecular weight excluding hydrogens is 527 g/mol. The highest BCUT2D eigenvalue weighted by molar-refractivity contribution is 5.79. The summed E-state index contributed by atoms with van der Waals surface area (Å²) in [5.74, 6) is 0.0360. The van der Waals surface area contributed by atoms with Crippen LogP contribution in [-0.4, -0.2) is 70.0 Å². The molecule has 1 aliphatic rings. The number of nitrogens with zero attached hydrogens (tertiary/aromatic N) is 5. The summed E-state index contributed by atoms with van der Waals surface area (Å²) in [5.41, 5.74) is 2.43. The Balaban J connectivity index is 1.28. The lowest BCUT2D eigenvalue weighted by atomic mass is 10.1. The third-order valence-corrected chi connectivity index (χ3v) is 6.56. The third-order valence-electron chi connectivity index (χ3n) is 6.56. The smallest absolute Gasteiger partial charge is 0.406 e. The zero-order valence-corrected chi connectivity index (χ0v) is 21.6. The number of amides is 1. The topological polar surface area (TPSA) is 93.7 Å². The highest BCUT2D eigenvalue weighted by Gasteiger charge is 2.31. The van der Waals surface area contributed by atoms with Gasteiger partial charge in [0.1, 0.15) is 5.75 Å². The highest BCUT2D eigenvalue weighted by Crippen LogP contribution is 2.27. The van der Waals surface area contributed by atoms with Crippen molar-refractivity contribution in [2.75, 3.05) is 33.2 Å². The van der Waals surface area contributed by atoms with Crippen LogP contribution in [0.25, 0.3) is 22.8 Å². The van der Waals surface area contributed by atoms with E-state index in [1.54, 1.807) is 12.3 Å². The molecule has 208 valence electrons. The van der Waals surface area contributed by atoms with Gasteiger partial charge < -0.3 is 23.6 Å². The largest absolute Gasteiger partial charge is 0.573 e. The van der Waals surface area contributed by atoms with Crippen LogP contribution >= 0.6 is 0 Å². The molecule has 1 saturated heterocycles. The van der Waals surface area contributed by atoms with Gasteiger partial charge in [0.2, 0.25) is 11.7 Å². The number of likely N-dealkylation sites (N-methyl/N-ethyl adjacent to an activating group) is 1. The Kier molecular flexibility index (Phi) is 7.69. The first-order valence-electron chi connectivity index (χ1n) is 12.6. The molecule has 9 nitrogen and oxygen atoms in total. The SMILES string of the molecule is CN1CCN(C(=O)Cc2cccc(Cn3cc(-c4nc(-c5ccc(OC(F)(F)F)cc5)no4)ccc3=O)c2)CC1. The van der Waals surface area contributed by atoms with Crippen LogP contribution in [0.3, 0.4) is 0 Å². The highest BCUT2D eigenvalue weighted by atomic mass is 19.4. The van der Waals surface area contributed by atoms with Crippen molar-refractivity contribution in [3.05, 3.63) is 88.3 Å². The Morgan fingerprint density at radius 3 is 2.40 bits per heavy atom. The normalized spacial score (nSPS) is 14.3. The first-order valence-corrected chi connectivity index (χ1v) is 12.6. The molecule has 4 aromatic rings. The van der Waals surface area contributed by atoms with E-state index in [-0.39, 0.29) is 35.5 Å². The molecule has 40 heavy (non-hydrogen) atoms. The molecule has 1 aliphatic heterocycles. The van der Waals surface area contributed by atoms with E-state index < -0.39 is 6.36 Å². The van der Waals surface area contributed by atoms with Gasteiger partial charge in [0, 0.05) is 44.0 Å². The lowest BCUT2D eigenvalue weighted by Gasteiger charge is -2.32.